The molecule has 0 amide bonds. The van der Waals surface area contributed by atoms with Crippen molar-refractivity contribution in [3.05, 3.63) is 35.1 Å². The van der Waals surface area contributed by atoms with Gasteiger partial charge in [0.25, 0.3) is 0 Å². The molecule has 0 aliphatic carbocycles. The molecule has 0 aromatic heterocycles. The molecule has 96 valence electrons. The van der Waals surface area contributed by atoms with Gasteiger partial charge in [0.2, 0.25) is 0 Å². The fraction of sp³-hybridized carbons (Fsp3) is 0.500. The molecule has 0 aliphatic heterocycles. The van der Waals surface area contributed by atoms with Gasteiger partial charge in [-0.1, -0.05) is 20.3 Å². The first kappa shape index (κ1) is 14.0. The monoisotopic (exact) mass is 247 g/mol. The predicted octanol–water partition coefficient (Wildman–Crippen LogP) is 2.51. The van der Waals surface area contributed by atoms with E-state index in [4.69, 9.17) is 5.73 Å². The molecule has 0 spiro atoms. The lowest BCUT2D eigenvalue weighted by Crippen LogP contribution is -2.32. The van der Waals surface area contributed by atoms with Gasteiger partial charge in [0.1, 0.15) is 5.82 Å². The van der Waals surface area contributed by atoms with Gasteiger partial charge in [0.05, 0.1) is 12.1 Å². The summed E-state index contributed by atoms with van der Waals surface area (Å²) in [6, 6.07) is 0.116. The van der Waals surface area contributed by atoms with Crippen molar-refractivity contribution < 1.29 is 18.3 Å². The van der Waals surface area contributed by atoms with Gasteiger partial charge in [-0.15, -0.1) is 0 Å². The number of hydrogen-bond donors (Lipinski definition) is 2. The minimum absolute atomic E-state index is 0.185. The lowest BCUT2D eigenvalue weighted by Gasteiger charge is -2.24. The Kier molecular flexibility index (Phi) is 4.54. The Hall–Kier alpha value is -1.07. The third-order valence-corrected chi connectivity index (χ3v) is 2.98. The summed E-state index contributed by atoms with van der Waals surface area (Å²) in [7, 11) is 0. The molecule has 3 N–H and O–H groups in total. The standard InChI is InChI=1S/C12H16F3NO/c1-3-6(2)12(17)11(16)8-4-7(13)5-9(14)10(8)15/h4-6,11-12,17H,3,16H2,1-2H3/t6?,11-,12+/m1/s1. The van der Waals surface area contributed by atoms with E-state index in [1.54, 1.807) is 6.92 Å². The molecular formula is C12H16F3NO. The maximum absolute atomic E-state index is 13.4. The highest BCUT2D eigenvalue weighted by Gasteiger charge is 2.26. The van der Waals surface area contributed by atoms with Crippen molar-refractivity contribution in [2.45, 2.75) is 32.4 Å². The molecule has 0 heterocycles. The van der Waals surface area contributed by atoms with Crippen LogP contribution in [0.15, 0.2) is 12.1 Å². The van der Waals surface area contributed by atoms with Crippen LogP contribution in [0.1, 0.15) is 31.9 Å². The summed E-state index contributed by atoms with van der Waals surface area (Å²) < 4.78 is 39.4. The van der Waals surface area contributed by atoms with Gasteiger partial charge in [-0.2, -0.15) is 0 Å². The van der Waals surface area contributed by atoms with Crippen molar-refractivity contribution in [1.82, 2.24) is 0 Å². The topological polar surface area (TPSA) is 46.2 Å². The number of aliphatic hydroxyl groups excluding tert-OH is 1. The Labute approximate surface area is 98.3 Å². The van der Waals surface area contributed by atoms with Crippen LogP contribution in [-0.2, 0) is 0 Å². The smallest absolute Gasteiger partial charge is 0.163 e. The molecule has 0 saturated heterocycles. The predicted molar refractivity (Wildman–Crippen MR) is 58.7 cm³/mol. The molecule has 3 atom stereocenters. The van der Waals surface area contributed by atoms with Crippen LogP contribution in [0, 0.1) is 23.4 Å². The van der Waals surface area contributed by atoms with Crippen LogP contribution in [0.3, 0.4) is 0 Å². The second-order valence-corrected chi connectivity index (χ2v) is 4.19. The fourth-order valence-electron chi connectivity index (χ4n) is 1.60. The van der Waals surface area contributed by atoms with E-state index in [9.17, 15) is 18.3 Å². The van der Waals surface area contributed by atoms with Crippen molar-refractivity contribution >= 4 is 0 Å². The highest BCUT2D eigenvalue weighted by molar-refractivity contribution is 5.24. The second-order valence-electron chi connectivity index (χ2n) is 4.19. The van der Waals surface area contributed by atoms with Gasteiger partial charge in [0, 0.05) is 11.6 Å². The minimum atomic E-state index is -1.30. The van der Waals surface area contributed by atoms with Crippen LogP contribution in [0.25, 0.3) is 0 Å². The lowest BCUT2D eigenvalue weighted by atomic mass is 9.91. The van der Waals surface area contributed by atoms with Gasteiger partial charge in [-0.05, 0) is 12.0 Å². The van der Waals surface area contributed by atoms with E-state index in [1.165, 1.54) is 0 Å². The molecule has 17 heavy (non-hydrogen) atoms. The average molecular weight is 247 g/mol. The van der Waals surface area contributed by atoms with E-state index < -0.39 is 29.6 Å². The van der Waals surface area contributed by atoms with Crippen molar-refractivity contribution in [1.29, 1.82) is 0 Å². The van der Waals surface area contributed by atoms with Crippen molar-refractivity contribution in [3.8, 4) is 0 Å². The summed E-state index contributed by atoms with van der Waals surface area (Å²) in [5.74, 6) is -3.60. The van der Waals surface area contributed by atoms with Crippen molar-refractivity contribution in [2.75, 3.05) is 0 Å². The summed E-state index contributed by atoms with van der Waals surface area (Å²) in [5, 5.41) is 9.81. The van der Waals surface area contributed by atoms with Crippen LogP contribution < -0.4 is 5.73 Å². The first-order valence-electron chi connectivity index (χ1n) is 5.46. The molecular weight excluding hydrogens is 231 g/mol. The van der Waals surface area contributed by atoms with E-state index in [0.717, 1.165) is 6.07 Å². The third-order valence-electron chi connectivity index (χ3n) is 2.98. The fourth-order valence-corrected chi connectivity index (χ4v) is 1.60. The Morgan fingerprint density at radius 3 is 2.41 bits per heavy atom. The van der Waals surface area contributed by atoms with Gasteiger partial charge in [-0.25, -0.2) is 13.2 Å². The summed E-state index contributed by atoms with van der Waals surface area (Å²) in [4.78, 5) is 0. The lowest BCUT2D eigenvalue weighted by molar-refractivity contribution is 0.0864. The largest absolute Gasteiger partial charge is 0.391 e. The zero-order valence-electron chi connectivity index (χ0n) is 9.75. The van der Waals surface area contributed by atoms with Gasteiger partial charge >= 0.3 is 0 Å². The second kappa shape index (κ2) is 5.51. The SMILES string of the molecule is CCC(C)[C@H](O)[C@H](N)c1cc(F)cc(F)c1F. The van der Waals surface area contributed by atoms with Crippen LogP contribution >= 0.6 is 0 Å². The summed E-state index contributed by atoms with van der Waals surface area (Å²) >= 11 is 0. The number of hydrogen-bond acceptors (Lipinski definition) is 2. The number of aliphatic hydroxyl groups is 1. The van der Waals surface area contributed by atoms with Gasteiger partial charge in [0.15, 0.2) is 11.6 Å². The first-order valence-corrected chi connectivity index (χ1v) is 5.46. The molecule has 1 aromatic carbocycles. The van der Waals surface area contributed by atoms with Gasteiger partial charge < -0.3 is 10.8 Å². The zero-order valence-corrected chi connectivity index (χ0v) is 9.75. The number of benzene rings is 1. The molecule has 0 fully saturated rings. The van der Waals surface area contributed by atoms with Crippen LogP contribution in [0.5, 0.6) is 0 Å². The van der Waals surface area contributed by atoms with Crippen molar-refractivity contribution in [2.24, 2.45) is 11.7 Å². The van der Waals surface area contributed by atoms with E-state index in [-0.39, 0.29) is 11.5 Å². The Bertz CT molecular complexity index is 398. The zero-order chi connectivity index (χ0) is 13.2. The van der Waals surface area contributed by atoms with Crippen LogP contribution in [0.4, 0.5) is 13.2 Å². The number of halogens is 3. The van der Waals surface area contributed by atoms with E-state index >= 15 is 0 Å². The maximum Gasteiger partial charge on any atom is 0.163 e. The molecule has 2 nitrogen and oxygen atoms in total. The summed E-state index contributed by atoms with van der Waals surface area (Å²) in [6.07, 6.45) is -0.412. The number of nitrogens with two attached hydrogens (primary N) is 1. The molecule has 1 aromatic rings. The normalized spacial score (nSPS) is 16.6. The Balaban J connectivity index is 3.07. The van der Waals surface area contributed by atoms with Crippen LogP contribution in [-0.4, -0.2) is 11.2 Å². The first-order chi connectivity index (χ1) is 7.88. The Morgan fingerprint density at radius 2 is 1.88 bits per heavy atom. The summed E-state index contributed by atoms with van der Waals surface area (Å²) in [5.41, 5.74) is 5.29. The highest BCUT2D eigenvalue weighted by Crippen LogP contribution is 2.25. The van der Waals surface area contributed by atoms with Gasteiger partial charge in [-0.3, -0.25) is 0 Å². The molecule has 0 saturated carbocycles. The summed E-state index contributed by atoms with van der Waals surface area (Å²) in [6.45, 7) is 3.57. The van der Waals surface area contributed by atoms with E-state index in [2.05, 4.69) is 0 Å². The average Bonchev–Trinajstić information content (AvgIpc) is 2.30. The van der Waals surface area contributed by atoms with E-state index in [0.29, 0.717) is 12.5 Å². The van der Waals surface area contributed by atoms with E-state index in [1.807, 2.05) is 6.92 Å². The molecule has 1 unspecified atom stereocenters. The molecule has 0 bridgehead atoms. The maximum atomic E-state index is 13.4. The Morgan fingerprint density at radius 1 is 1.29 bits per heavy atom. The third kappa shape index (κ3) is 2.98. The quantitative estimate of drug-likeness (QED) is 0.803. The molecule has 5 heteroatoms. The molecule has 0 aliphatic rings. The highest BCUT2D eigenvalue weighted by atomic mass is 19.2. The van der Waals surface area contributed by atoms with Crippen molar-refractivity contribution in [3.63, 3.8) is 0 Å². The minimum Gasteiger partial charge on any atom is -0.391 e. The van der Waals surface area contributed by atoms with Crippen LogP contribution in [0.2, 0.25) is 0 Å². The molecule has 0 radical (unpaired) electrons. The molecule has 1 rings (SSSR count). The number of rotatable bonds is 4.